The molecule has 1 aromatic carbocycles. The molecule has 3 heterocycles. The maximum absolute atomic E-state index is 12.2. The lowest BCUT2D eigenvalue weighted by atomic mass is 10.1. The molecule has 0 saturated heterocycles. The molecule has 0 atom stereocenters. The van der Waals surface area contributed by atoms with E-state index in [2.05, 4.69) is 20.0 Å². The lowest BCUT2D eigenvalue weighted by Crippen LogP contribution is -2.12. The number of nitrogens with zero attached hydrogens (tertiary/aromatic N) is 3. The largest absolute Gasteiger partial charge is 0.392 e. The lowest BCUT2D eigenvalue weighted by Gasteiger charge is -2.04. The van der Waals surface area contributed by atoms with Crippen molar-refractivity contribution in [2.24, 2.45) is 0 Å². The highest BCUT2D eigenvalue weighted by Crippen LogP contribution is 2.21. The van der Waals surface area contributed by atoms with Crippen LogP contribution >= 0.6 is 0 Å². The molecule has 4 aromatic rings. The van der Waals surface area contributed by atoms with Gasteiger partial charge in [-0.15, -0.1) is 0 Å². The summed E-state index contributed by atoms with van der Waals surface area (Å²) < 4.78 is 6.48. The minimum atomic E-state index is -0.360. The average Bonchev–Trinajstić information content (AvgIpc) is 3.30. The van der Waals surface area contributed by atoms with Crippen LogP contribution in [0, 0.1) is 0 Å². The first-order valence-electron chi connectivity index (χ1n) is 7.63. The van der Waals surface area contributed by atoms with Gasteiger partial charge in [-0.3, -0.25) is 4.79 Å². The third-order valence-corrected chi connectivity index (χ3v) is 3.81. The molecule has 7 heteroatoms. The summed E-state index contributed by atoms with van der Waals surface area (Å²) in [5.74, 6) is -0.0232. The Bertz CT molecular complexity index is 1040. The summed E-state index contributed by atoms with van der Waals surface area (Å²) in [5, 5.41) is 15.5. The van der Waals surface area contributed by atoms with Crippen molar-refractivity contribution in [1.29, 1.82) is 0 Å². The van der Waals surface area contributed by atoms with Crippen LogP contribution in [0.5, 0.6) is 0 Å². The van der Waals surface area contributed by atoms with Gasteiger partial charge in [0.15, 0.2) is 5.82 Å². The van der Waals surface area contributed by atoms with Gasteiger partial charge in [0, 0.05) is 18.5 Å². The van der Waals surface area contributed by atoms with E-state index in [0.29, 0.717) is 11.5 Å². The zero-order chi connectivity index (χ0) is 17.2. The summed E-state index contributed by atoms with van der Waals surface area (Å²) in [7, 11) is 0. The quantitative estimate of drug-likeness (QED) is 0.598. The van der Waals surface area contributed by atoms with Crippen LogP contribution in [0.1, 0.15) is 16.1 Å². The fourth-order valence-electron chi connectivity index (χ4n) is 2.58. The molecule has 0 unspecified atom stereocenters. The molecule has 0 aliphatic carbocycles. The topological polar surface area (TPSA) is 92.7 Å². The summed E-state index contributed by atoms with van der Waals surface area (Å²) in [4.78, 5) is 16.5. The number of hydrogen-bond acceptors (Lipinski definition) is 5. The van der Waals surface area contributed by atoms with E-state index in [4.69, 9.17) is 0 Å². The normalized spacial score (nSPS) is 10.9. The summed E-state index contributed by atoms with van der Waals surface area (Å²) in [6.07, 6.45) is 4.93. The van der Waals surface area contributed by atoms with Gasteiger partial charge in [0.2, 0.25) is 0 Å². The third-order valence-electron chi connectivity index (χ3n) is 3.81. The molecule has 0 fully saturated rings. The van der Waals surface area contributed by atoms with Crippen LogP contribution in [-0.4, -0.2) is 25.6 Å². The minimum Gasteiger partial charge on any atom is -0.392 e. The number of anilines is 1. The number of hydrogen-bond donors (Lipinski definition) is 2. The number of carbonyl (C=O) groups excluding carboxylic acids is 1. The van der Waals surface area contributed by atoms with E-state index >= 15 is 0 Å². The van der Waals surface area contributed by atoms with Gasteiger partial charge in [-0.05, 0) is 34.9 Å². The van der Waals surface area contributed by atoms with Crippen LogP contribution in [0.2, 0.25) is 0 Å². The van der Waals surface area contributed by atoms with Gasteiger partial charge in [-0.1, -0.05) is 23.4 Å². The molecule has 7 nitrogen and oxygen atoms in total. The Morgan fingerprint density at radius 1 is 1.16 bits per heavy atom. The first-order chi connectivity index (χ1) is 12.2. The van der Waals surface area contributed by atoms with E-state index in [-0.39, 0.29) is 18.2 Å². The highest BCUT2D eigenvalue weighted by atomic mass is 16.5. The molecule has 0 radical (unpaired) electrons. The van der Waals surface area contributed by atoms with Crippen LogP contribution in [0.4, 0.5) is 5.82 Å². The molecule has 25 heavy (non-hydrogen) atoms. The Hall–Kier alpha value is -3.45. The van der Waals surface area contributed by atoms with E-state index in [1.165, 1.54) is 6.26 Å². The van der Waals surface area contributed by atoms with Crippen molar-refractivity contribution >= 4 is 17.4 Å². The number of aromatic nitrogens is 3. The van der Waals surface area contributed by atoms with E-state index in [1.807, 2.05) is 42.6 Å². The smallest absolute Gasteiger partial charge is 0.277 e. The molecule has 4 rings (SSSR count). The maximum Gasteiger partial charge on any atom is 0.277 e. The van der Waals surface area contributed by atoms with Crippen LogP contribution in [-0.2, 0) is 6.61 Å². The minimum absolute atomic E-state index is 0.00642. The van der Waals surface area contributed by atoms with Crippen molar-refractivity contribution in [3.8, 4) is 11.1 Å². The number of carbonyl (C=O) groups is 1. The van der Waals surface area contributed by atoms with Crippen LogP contribution in [0.3, 0.4) is 0 Å². The standard InChI is InChI=1S/C18H14N4O3/c23-11-12-2-1-3-13(8-12)14-4-5-17-19-15(10-22(17)9-14)18(24)20-16-6-7-25-21-16/h1-10,23H,11H2,(H,20,21,24). The van der Waals surface area contributed by atoms with Crippen molar-refractivity contribution in [3.63, 3.8) is 0 Å². The van der Waals surface area contributed by atoms with E-state index in [0.717, 1.165) is 16.7 Å². The monoisotopic (exact) mass is 334 g/mol. The molecule has 0 aliphatic heterocycles. The number of amides is 1. The van der Waals surface area contributed by atoms with Gasteiger partial charge >= 0.3 is 0 Å². The number of nitrogens with one attached hydrogen (secondary N) is 1. The van der Waals surface area contributed by atoms with Crippen molar-refractivity contribution in [1.82, 2.24) is 14.5 Å². The summed E-state index contributed by atoms with van der Waals surface area (Å²) >= 11 is 0. The molecule has 124 valence electrons. The predicted octanol–water partition coefficient (Wildman–Crippen LogP) is 2.73. The van der Waals surface area contributed by atoms with Gasteiger partial charge in [-0.25, -0.2) is 4.98 Å². The van der Waals surface area contributed by atoms with Crippen molar-refractivity contribution in [2.45, 2.75) is 6.61 Å². The van der Waals surface area contributed by atoms with Crippen molar-refractivity contribution in [2.75, 3.05) is 5.32 Å². The third kappa shape index (κ3) is 3.00. The molecule has 3 aromatic heterocycles. The van der Waals surface area contributed by atoms with Crippen molar-refractivity contribution in [3.05, 3.63) is 72.4 Å². The van der Waals surface area contributed by atoms with Gasteiger partial charge in [0.25, 0.3) is 5.91 Å². The first kappa shape index (κ1) is 15.1. The Kier molecular flexibility index (Phi) is 3.75. The second kappa shape index (κ2) is 6.21. The lowest BCUT2D eigenvalue weighted by molar-refractivity contribution is 0.102. The van der Waals surface area contributed by atoms with Crippen molar-refractivity contribution < 1.29 is 14.4 Å². The Labute approximate surface area is 142 Å². The highest BCUT2D eigenvalue weighted by Gasteiger charge is 2.12. The van der Waals surface area contributed by atoms with Crippen LogP contribution in [0.15, 0.2) is 65.6 Å². The highest BCUT2D eigenvalue weighted by molar-refractivity contribution is 6.02. The van der Waals surface area contributed by atoms with Crippen LogP contribution in [0.25, 0.3) is 16.8 Å². The molecule has 0 bridgehead atoms. The average molecular weight is 334 g/mol. The number of imidazole rings is 1. The fraction of sp³-hybridized carbons (Fsp3) is 0.0556. The first-order valence-corrected chi connectivity index (χ1v) is 7.63. The number of aliphatic hydroxyl groups excluding tert-OH is 1. The summed E-state index contributed by atoms with van der Waals surface area (Å²) in [6, 6.07) is 13.0. The van der Waals surface area contributed by atoms with Gasteiger partial charge in [-0.2, -0.15) is 0 Å². The summed E-state index contributed by atoms with van der Waals surface area (Å²) in [5.41, 5.74) is 3.73. The van der Waals surface area contributed by atoms with Crippen LogP contribution < -0.4 is 5.32 Å². The molecule has 2 N–H and O–H groups in total. The van der Waals surface area contributed by atoms with Gasteiger partial charge < -0.3 is 19.3 Å². The molecule has 1 amide bonds. The Morgan fingerprint density at radius 2 is 2.08 bits per heavy atom. The van der Waals surface area contributed by atoms with E-state index < -0.39 is 0 Å². The Morgan fingerprint density at radius 3 is 2.88 bits per heavy atom. The number of benzene rings is 1. The van der Waals surface area contributed by atoms with Gasteiger partial charge in [0.1, 0.15) is 17.6 Å². The van der Waals surface area contributed by atoms with E-state index in [9.17, 15) is 9.90 Å². The molecular formula is C18H14N4O3. The Balaban J connectivity index is 1.66. The zero-order valence-corrected chi connectivity index (χ0v) is 13.1. The second-order valence-corrected chi connectivity index (χ2v) is 5.51. The molecule has 0 saturated carbocycles. The summed E-state index contributed by atoms with van der Waals surface area (Å²) in [6.45, 7) is -0.00642. The number of rotatable bonds is 4. The maximum atomic E-state index is 12.2. The number of fused-ring (bicyclic) bond motifs is 1. The number of aliphatic hydroxyl groups is 1. The fourth-order valence-corrected chi connectivity index (χ4v) is 2.58. The second-order valence-electron chi connectivity index (χ2n) is 5.51. The molecular weight excluding hydrogens is 320 g/mol. The van der Waals surface area contributed by atoms with Gasteiger partial charge in [0.05, 0.1) is 6.61 Å². The van der Waals surface area contributed by atoms with E-state index in [1.54, 1.807) is 16.7 Å². The number of pyridine rings is 1. The predicted molar refractivity (Wildman–Crippen MR) is 91.0 cm³/mol. The zero-order valence-electron chi connectivity index (χ0n) is 13.1. The SMILES string of the molecule is O=C(Nc1ccon1)c1cn2cc(-c3cccc(CO)c3)ccc2n1. The molecule has 0 aliphatic rings. The molecule has 0 spiro atoms.